The Morgan fingerprint density at radius 1 is 1.33 bits per heavy atom. The van der Waals surface area contributed by atoms with Crippen molar-refractivity contribution in [2.24, 2.45) is 0 Å². The summed E-state index contributed by atoms with van der Waals surface area (Å²) in [6, 6.07) is 1.77. The average Bonchev–Trinajstić information content (AvgIpc) is 2.30. The van der Waals surface area contributed by atoms with Crippen molar-refractivity contribution in [3.8, 4) is 5.75 Å². The van der Waals surface area contributed by atoms with Crippen LogP contribution in [0.5, 0.6) is 5.75 Å². The number of carbonyl (C=O) groups is 1. The van der Waals surface area contributed by atoms with Crippen LogP contribution in [0, 0.1) is 0 Å². The molecular weight excluding hydrogens is 244 g/mol. The number of aromatic nitrogens is 1. The van der Waals surface area contributed by atoms with Crippen LogP contribution in [-0.4, -0.2) is 37.1 Å². The fourth-order valence-corrected chi connectivity index (χ4v) is 3.01. The fourth-order valence-electron chi connectivity index (χ4n) is 1.67. The van der Waals surface area contributed by atoms with Gasteiger partial charge in [0.1, 0.15) is 5.75 Å². The summed E-state index contributed by atoms with van der Waals surface area (Å²) in [5.41, 5.74) is 0. The van der Waals surface area contributed by atoms with Crippen LogP contribution in [0.15, 0.2) is 18.5 Å². The lowest BCUT2D eigenvalue weighted by Gasteiger charge is -2.22. The number of hydrogen-bond acceptors (Lipinski definition) is 3. The van der Waals surface area contributed by atoms with E-state index in [1.807, 2.05) is 20.0 Å². The Balaban J connectivity index is 2.95. The van der Waals surface area contributed by atoms with Gasteiger partial charge in [-0.1, -0.05) is 19.6 Å². The molecular formula is C13H22N2O2Si. The van der Waals surface area contributed by atoms with E-state index in [0.29, 0.717) is 18.8 Å². The first kappa shape index (κ1) is 14.7. The maximum absolute atomic E-state index is 12.0. The number of nitrogens with zero attached hydrogens (tertiary/aromatic N) is 2. The lowest BCUT2D eigenvalue weighted by molar-refractivity contribution is 0.157. The lowest BCUT2D eigenvalue weighted by atomic mass is 10.4. The first-order valence-corrected chi connectivity index (χ1v) is 9.81. The second-order valence-electron chi connectivity index (χ2n) is 5.16. The van der Waals surface area contributed by atoms with Crippen LogP contribution in [0.4, 0.5) is 4.79 Å². The van der Waals surface area contributed by atoms with Crippen molar-refractivity contribution in [2.75, 3.05) is 13.1 Å². The minimum absolute atomic E-state index is 0.286. The molecule has 1 rings (SSSR count). The van der Waals surface area contributed by atoms with Gasteiger partial charge in [0.05, 0.1) is 8.07 Å². The number of pyridine rings is 1. The van der Waals surface area contributed by atoms with E-state index in [-0.39, 0.29) is 6.09 Å². The van der Waals surface area contributed by atoms with Crippen LogP contribution in [0.3, 0.4) is 0 Å². The van der Waals surface area contributed by atoms with Gasteiger partial charge in [-0.05, 0) is 25.1 Å². The molecule has 0 unspecified atom stereocenters. The van der Waals surface area contributed by atoms with Crippen LogP contribution in [-0.2, 0) is 0 Å². The SMILES string of the molecule is CCN(CC)C(=O)Oc1ccncc1[Si](C)(C)C. The molecule has 18 heavy (non-hydrogen) atoms. The quantitative estimate of drug-likeness (QED) is 0.786. The Kier molecular flexibility index (Phi) is 4.90. The largest absolute Gasteiger partial charge is 0.415 e. The maximum atomic E-state index is 12.0. The third-order valence-electron chi connectivity index (χ3n) is 2.81. The molecule has 1 heterocycles. The summed E-state index contributed by atoms with van der Waals surface area (Å²) in [7, 11) is -1.56. The van der Waals surface area contributed by atoms with E-state index in [2.05, 4.69) is 24.6 Å². The Hall–Kier alpha value is -1.36. The smallest absolute Gasteiger partial charge is 0.410 e. The van der Waals surface area contributed by atoms with Gasteiger partial charge in [0.25, 0.3) is 0 Å². The topological polar surface area (TPSA) is 42.4 Å². The first-order valence-electron chi connectivity index (χ1n) is 6.31. The minimum atomic E-state index is -1.56. The molecule has 0 atom stereocenters. The number of ether oxygens (including phenoxy) is 1. The maximum Gasteiger partial charge on any atom is 0.415 e. The Bertz CT molecular complexity index is 412. The van der Waals surface area contributed by atoms with E-state index >= 15 is 0 Å². The van der Waals surface area contributed by atoms with E-state index in [1.165, 1.54) is 0 Å². The van der Waals surface area contributed by atoms with Crippen LogP contribution >= 0.6 is 0 Å². The molecule has 5 heteroatoms. The highest BCUT2D eigenvalue weighted by molar-refractivity contribution is 6.89. The summed E-state index contributed by atoms with van der Waals surface area (Å²) >= 11 is 0. The van der Waals surface area contributed by atoms with Crippen LogP contribution in [0.25, 0.3) is 0 Å². The normalized spacial score (nSPS) is 11.2. The molecule has 4 nitrogen and oxygen atoms in total. The summed E-state index contributed by atoms with van der Waals surface area (Å²) in [6.45, 7) is 11.8. The highest BCUT2D eigenvalue weighted by Gasteiger charge is 2.23. The standard InChI is InChI=1S/C13H22N2O2Si/c1-6-15(7-2)13(16)17-11-8-9-14-10-12(11)18(3,4)5/h8-10H,6-7H2,1-5H3. The molecule has 0 spiro atoms. The molecule has 0 N–H and O–H groups in total. The number of carbonyl (C=O) groups excluding carboxylic acids is 1. The summed E-state index contributed by atoms with van der Waals surface area (Å²) in [4.78, 5) is 17.7. The molecule has 0 aromatic carbocycles. The molecule has 0 saturated heterocycles. The van der Waals surface area contributed by atoms with Gasteiger partial charge in [0.15, 0.2) is 0 Å². The highest BCUT2D eigenvalue weighted by atomic mass is 28.3. The molecule has 0 bridgehead atoms. The van der Waals surface area contributed by atoms with E-state index in [0.717, 1.165) is 5.19 Å². The van der Waals surface area contributed by atoms with Crippen molar-refractivity contribution in [1.82, 2.24) is 9.88 Å². The second-order valence-corrected chi connectivity index (χ2v) is 10.2. The van der Waals surface area contributed by atoms with Gasteiger partial charge >= 0.3 is 6.09 Å². The molecule has 100 valence electrons. The molecule has 1 aromatic rings. The lowest BCUT2D eigenvalue weighted by Crippen LogP contribution is -2.41. The van der Waals surface area contributed by atoms with Gasteiger partial charge in [-0.15, -0.1) is 0 Å². The Morgan fingerprint density at radius 2 is 1.94 bits per heavy atom. The van der Waals surface area contributed by atoms with Gasteiger partial charge in [-0.3, -0.25) is 4.98 Å². The van der Waals surface area contributed by atoms with Gasteiger partial charge in [-0.2, -0.15) is 0 Å². The van der Waals surface area contributed by atoms with Gasteiger partial charge in [0, 0.05) is 25.5 Å². The van der Waals surface area contributed by atoms with Crippen molar-refractivity contribution in [2.45, 2.75) is 33.5 Å². The number of hydrogen-bond donors (Lipinski definition) is 0. The summed E-state index contributed by atoms with van der Waals surface area (Å²) in [6.07, 6.45) is 3.19. The van der Waals surface area contributed by atoms with Gasteiger partial charge in [0.2, 0.25) is 0 Å². The first-order chi connectivity index (χ1) is 8.40. The van der Waals surface area contributed by atoms with E-state index < -0.39 is 8.07 Å². The molecule has 0 aliphatic rings. The van der Waals surface area contributed by atoms with Crippen LogP contribution in [0.1, 0.15) is 13.8 Å². The van der Waals surface area contributed by atoms with E-state index in [9.17, 15) is 4.79 Å². The summed E-state index contributed by atoms with van der Waals surface area (Å²) in [5, 5.41) is 1.07. The van der Waals surface area contributed by atoms with Crippen molar-refractivity contribution < 1.29 is 9.53 Å². The number of amides is 1. The number of rotatable bonds is 4. The van der Waals surface area contributed by atoms with Crippen molar-refractivity contribution in [3.63, 3.8) is 0 Å². The van der Waals surface area contributed by atoms with Crippen LogP contribution in [0.2, 0.25) is 19.6 Å². The fraction of sp³-hybridized carbons (Fsp3) is 0.538. The third kappa shape index (κ3) is 3.56. The molecule has 0 saturated carbocycles. The molecule has 0 aliphatic heterocycles. The van der Waals surface area contributed by atoms with E-state index in [1.54, 1.807) is 17.2 Å². The summed E-state index contributed by atoms with van der Waals surface area (Å²) in [5.74, 6) is 0.654. The zero-order valence-electron chi connectivity index (χ0n) is 11.9. The zero-order valence-corrected chi connectivity index (χ0v) is 12.9. The van der Waals surface area contributed by atoms with Crippen molar-refractivity contribution in [3.05, 3.63) is 18.5 Å². The molecule has 1 aromatic heterocycles. The summed E-state index contributed by atoms with van der Waals surface area (Å²) < 4.78 is 5.50. The van der Waals surface area contributed by atoms with Gasteiger partial charge < -0.3 is 9.64 Å². The van der Waals surface area contributed by atoms with Crippen molar-refractivity contribution >= 4 is 19.4 Å². The average molecular weight is 266 g/mol. The highest BCUT2D eigenvalue weighted by Crippen LogP contribution is 2.14. The monoisotopic (exact) mass is 266 g/mol. The molecule has 1 amide bonds. The predicted octanol–water partition coefficient (Wildman–Crippen LogP) is 2.47. The molecule has 0 fully saturated rings. The third-order valence-corrected chi connectivity index (χ3v) is 4.80. The van der Waals surface area contributed by atoms with Crippen molar-refractivity contribution in [1.29, 1.82) is 0 Å². The predicted molar refractivity (Wildman–Crippen MR) is 76.2 cm³/mol. The van der Waals surface area contributed by atoms with Crippen LogP contribution < -0.4 is 9.92 Å². The molecule has 0 radical (unpaired) electrons. The second kappa shape index (κ2) is 6.00. The Labute approximate surface area is 110 Å². The molecule has 0 aliphatic carbocycles. The van der Waals surface area contributed by atoms with E-state index in [4.69, 9.17) is 4.74 Å². The Morgan fingerprint density at radius 3 is 2.44 bits per heavy atom. The van der Waals surface area contributed by atoms with Gasteiger partial charge in [-0.25, -0.2) is 4.79 Å². The zero-order chi connectivity index (χ0) is 13.8. The minimum Gasteiger partial charge on any atom is -0.410 e.